The van der Waals surface area contributed by atoms with Crippen molar-refractivity contribution in [2.45, 2.75) is 0 Å². The molecule has 0 atom stereocenters. The van der Waals surface area contributed by atoms with Crippen molar-refractivity contribution in [1.29, 1.82) is 0 Å². The highest BCUT2D eigenvalue weighted by atomic mass is 16.5. The Hall–Kier alpha value is -1.47. The van der Waals surface area contributed by atoms with Gasteiger partial charge in [-0.1, -0.05) is 0 Å². The molecule has 96 valence electrons. The van der Waals surface area contributed by atoms with E-state index in [-0.39, 0.29) is 31.4 Å². The van der Waals surface area contributed by atoms with Crippen LogP contribution in [0.15, 0.2) is 0 Å². The number of nitrogens with zero attached hydrogens (tertiary/aromatic N) is 1. The van der Waals surface area contributed by atoms with E-state index in [9.17, 15) is 14.4 Å². The number of ether oxygens (including phenoxy) is 1. The Bertz CT molecular complexity index is 277. The van der Waals surface area contributed by atoms with E-state index >= 15 is 0 Å². The Morgan fingerprint density at radius 2 is 1.88 bits per heavy atom. The van der Waals surface area contributed by atoms with Crippen molar-refractivity contribution in [3.63, 3.8) is 0 Å². The van der Waals surface area contributed by atoms with Gasteiger partial charge in [0.25, 0.3) is 0 Å². The van der Waals surface area contributed by atoms with E-state index in [1.165, 1.54) is 0 Å². The molecule has 17 heavy (non-hydrogen) atoms. The summed E-state index contributed by atoms with van der Waals surface area (Å²) in [6, 6.07) is 0. The number of carbonyl (C=O) groups is 3. The van der Waals surface area contributed by atoms with Gasteiger partial charge in [0, 0.05) is 13.1 Å². The average Bonchev–Trinajstić information content (AvgIpc) is 2.35. The molecule has 1 fully saturated rings. The lowest BCUT2D eigenvalue weighted by molar-refractivity contribution is -0.127. The molecule has 1 rings (SSSR count). The average molecular weight is 243 g/mol. The highest BCUT2D eigenvalue weighted by molar-refractivity contribution is 5.86. The first-order valence-electron chi connectivity index (χ1n) is 5.49. The van der Waals surface area contributed by atoms with Crippen LogP contribution >= 0.6 is 0 Å². The van der Waals surface area contributed by atoms with Crippen molar-refractivity contribution in [3.8, 4) is 0 Å². The molecule has 0 aromatic heterocycles. The number of hydrogen-bond donors (Lipinski definition) is 2. The van der Waals surface area contributed by atoms with Gasteiger partial charge in [-0.25, -0.2) is 0 Å². The number of rotatable bonds is 6. The van der Waals surface area contributed by atoms with Crippen LogP contribution in [0.1, 0.15) is 0 Å². The highest BCUT2D eigenvalue weighted by Gasteiger charge is 2.14. The Morgan fingerprint density at radius 1 is 1.18 bits per heavy atom. The van der Waals surface area contributed by atoms with E-state index in [4.69, 9.17) is 4.74 Å². The Morgan fingerprint density at radius 3 is 2.53 bits per heavy atom. The van der Waals surface area contributed by atoms with Crippen LogP contribution in [0.3, 0.4) is 0 Å². The minimum absolute atomic E-state index is 0.0296. The van der Waals surface area contributed by atoms with Gasteiger partial charge in [-0.2, -0.15) is 0 Å². The van der Waals surface area contributed by atoms with Crippen LogP contribution in [-0.2, 0) is 19.1 Å². The van der Waals surface area contributed by atoms with Gasteiger partial charge >= 0.3 is 0 Å². The van der Waals surface area contributed by atoms with Crippen molar-refractivity contribution < 1.29 is 19.1 Å². The first-order valence-corrected chi connectivity index (χ1v) is 5.49. The van der Waals surface area contributed by atoms with Gasteiger partial charge in [-0.05, 0) is 0 Å². The van der Waals surface area contributed by atoms with E-state index in [2.05, 4.69) is 10.6 Å². The number of amides is 2. The first kappa shape index (κ1) is 13.6. The summed E-state index contributed by atoms with van der Waals surface area (Å²) < 4.78 is 5.15. The fourth-order valence-corrected chi connectivity index (χ4v) is 1.42. The lowest BCUT2D eigenvalue weighted by Gasteiger charge is -2.25. The van der Waals surface area contributed by atoms with Crippen molar-refractivity contribution in [3.05, 3.63) is 0 Å². The number of carbonyl (C=O) groups excluding carboxylic acids is 3. The molecule has 2 N–H and O–H groups in total. The van der Waals surface area contributed by atoms with E-state index in [0.717, 1.165) is 13.1 Å². The second-order valence-electron chi connectivity index (χ2n) is 3.64. The van der Waals surface area contributed by atoms with Crippen molar-refractivity contribution in [2.75, 3.05) is 45.9 Å². The van der Waals surface area contributed by atoms with Crippen LogP contribution < -0.4 is 10.6 Å². The molecule has 0 aliphatic carbocycles. The molecule has 0 unspecified atom stereocenters. The van der Waals surface area contributed by atoms with Crippen LogP contribution in [-0.4, -0.2) is 68.9 Å². The zero-order chi connectivity index (χ0) is 12.5. The zero-order valence-electron chi connectivity index (χ0n) is 9.61. The van der Waals surface area contributed by atoms with Gasteiger partial charge in [0.15, 0.2) is 0 Å². The van der Waals surface area contributed by atoms with Crippen molar-refractivity contribution in [1.82, 2.24) is 15.5 Å². The van der Waals surface area contributed by atoms with Crippen molar-refractivity contribution in [2.24, 2.45) is 0 Å². The summed E-state index contributed by atoms with van der Waals surface area (Å²) in [5, 5.41) is 4.83. The molecule has 2 amide bonds. The summed E-state index contributed by atoms with van der Waals surface area (Å²) in [5.74, 6) is -0.569. The maximum absolute atomic E-state index is 11.4. The molecule has 0 aromatic carbocycles. The molecule has 1 aliphatic heterocycles. The number of morpholine rings is 1. The van der Waals surface area contributed by atoms with Gasteiger partial charge in [0.05, 0.1) is 32.8 Å². The smallest absolute Gasteiger partial charge is 0.239 e. The van der Waals surface area contributed by atoms with Gasteiger partial charge in [0.1, 0.15) is 6.29 Å². The molecular formula is C10H17N3O4. The quantitative estimate of drug-likeness (QED) is 0.515. The molecule has 7 heteroatoms. The van der Waals surface area contributed by atoms with E-state index in [1.807, 2.05) is 4.90 Å². The van der Waals surface area contributed by atoms with E-state index < -0.39 is 0 Å². The number of aldehydes is 1. The molecule has 0 spiro atoms. The summed E-state index contributed by atoms with van der Waals surface area (Å²) in [5.41, 5.74) is 0. The summed E-state index contributed by atoms with van der Waals surface area (Å²) in [6.45, 7) is 2.86. The summed E-state index contributed by atoms with van der Waals surface area (Å²) in [4.78, 5) is 34.5. The van der Waals surface area contributed by atoms with E-state index in [0.29, 0.717) is 19.5 Å². The predicted molar refractivity (Wildman–Crippen MR) is 59.3 cm³/mol. The minimum Gasteiger partial charge on any atom is -0.379 e. The largest absolute Gasteiger partial charge is 0.379 e. The maximum Gasteiger partial charge on any atom is 0.239 e. The normalized spacial score (nSPS) is 16.2. The maximum atomic E-state index is 11.4. The third-order valence-corrected chi connectivity index (χ3v) is 2.30. The topological polar surface area (TPSA) is 87.7 Å². The molecular weight excluding hydrogens is 226 g/mol. The van der Waals surface area contributed by atoms with Gasteiger partial charge in [0.2, 0.25) is 11.8 Å². The standard InChI is InChI=1S/C10H17N3O4/c14-4-1-11-9(15)7-12-10(16)8-13-2-5-17-6-3-13/h4H,1-3,5-8H2,(H,11,15)(H,12,16). The first-order chi connectivity index (χ1) is 8.22. The van der Waals surface area contributed by atoms with Gasteiger partial charge < -0.3 is 20.2 Å². The summed E-state index contributed by atoms with van der Waals surface area (Å²) in [6.07, 6.45) is 0.591. The lowest BCUT2D eigenvalue weighted by atomic mass is 10.4. The molecule has 0 radical (unpaired) electrons. The third kappa shape index (κ3) is 5.98. The van der Waals surface area contributed by atoms with Crippen LogP contribution in [0.5, 0.6) is 0 Å². The molecule has 0 bridgehead atoms. The van der Waals surface area contributed by atoms with Crippen LogP contribution in [0.4, 0.5) is 0 Å². The summed E-state index contributed by atoms with van der Waals surface area (Å²) >= 11 is 0. The van der Waals surface area contributed by atoms with E-state index in [1.54, 1.807) is 0 Å². The zero-order valence-corrected chi connectivity index (χ0v) is 9.61. The fraction of sp³-hybridized carbons (Fsp3) is 0.700. The summed E-state index contributed by atoms with van der Waals surface area (Å²) in [7, 11) is 0. The van der Waals surface area contributed by atoms with Crippen LogP contribution in [0.25, 0.3) is 0 Å². The van der Waals surface area contributed by atoms with Gasteiger partial charge in [-0.15, -0.1) is 0 Å². The Kier molecular flexibility index (Phi) is 6.19. The predicted octanol–water partition coefficient (Wildman–Crippen LogP) is -2.25. The molecule has 0 aromatic rings. The fourth-order valence-electron chi connectivity index (χ4n) is 1.42. The monoisotopic (exact) mass is 243 g/mol. The third-order valence-electron chi connectivity index (χ3n) is 2.30. The lowest BCUT2D eigenvalue weighted by Crippen LogP contribution is -2.45. The Balaban J connectivity index is 2.11. The number of hydrogen-bond acceptors (Lipinski definition) is 5. The molecule has 1 heterocycles. The van der Waals surface area contributed by atoms with Crippen LogP contribution in [0, 0.1) is 0 Å². The second-order valence-corrected chi connectivity index (χ2v) is 3.64. The van der Waals surface area contributed by atoms with Crippen LogP contribution in [0.2, 0.25) is 0 Å². The highest BCUT2D eigenvalue weighted by Crippen LogP contribution is 1.95. The second kappa shape index (κ2) is 7.75. The minimum atomic E-state index is -0.368. The van der Waals surface area contributed by atoms with Crippen molar-refractivity contribution >= 4 is 18.1 Å². The molecule has 1 saturated heterocycles. The van der Waals surface area contributed by atoms with Gasteiger partial charge in [-0.3, -0.25) is 14.5 Å². The molecule has 1 aliphatic rings. The SMILES string of the molecule is O=CCNC(=O)CNC(=O)CN1CCOCC1. The Labute approximate surface area is 99.5 Å². The molecule has 0 saturated carbocycles. The molecule has 7 nitrogen and oxygen atoms in total. The number of nitrogens with one attached hydrogen (secondary N) is 2.